The lowest BCUT2D eigenvalue weighted by molar-refractivity contribution is 0.0961. The van der Waals surface area contributed by atoms with E-state index in [2.05, 4.69) is 10.1 Å². The Labute approximate surface area is 154 Å². The van der Waals surface area contributed by atoms with Crippen molar-refractivity contribution in [1.82, 2.24) is 4.98 Å². The summed E-state index contributed by atoms with van der Waals surface area (Å²) >= 11 is 1.42. The second-order valence-electron chi connectivity index (χ2n) is 5.72. The third kappa shape index (κ3) is 3.27. The third-order valence-electron chi connectivity index (χ3n) is 3.76. The lowest BCUT2D eigenvalue weighted by Gasteiger charge is -2.11. The molecule has 0 fully saturated rings. The number of carbonyl (C=O) groups excluding carboxylic acids is 1. The van der Waals surface area contributed by atoms with E-state index in [9.17, 15) is 4.79 Å². The number of rotatable bonds is 4. The van der Waals surface area contributed by atoms with Crippen molar-refractivity contribution in [3.63, 3.8) is 0 Å². The highest BCUT2D eigenvalue weighted by atomic mass is 32.1. The van der Waals surface area contributed by atoms with Gasteiger partial charge in [-0.2, -0.15) is 10.1 Å². The molecule has 2 aromatic carbocycles. The first kappa shape index (κ1) is 16.2. The van der Waals surface area contributed by atoms with Crippen LogP contribution in [-0.4, -0.2) is 17.1 Å². The quantitative estimate of drug-likeness (QED) is 0.384. The highest BCUT2D eigenvalue weighted by Crippen LogP contribution is 2.30. The van der Waals surface area contributed by atoms with Gasteiger partial charge in [-0.05, 0) is 42.3 Å². The van der Waals surface area contributed by atoms with Gasteiger partial charge in [-0.25, -0.2) is 4.98 Å². The second kappa shape index (κ2) is 6.93. The summed E-state index contributed by atoms with van der Waals surface area (Å²) in [7, 11) is 0. The summed E-state index contributed by atoms with van der Waals surface area (Å²) in [4.78, 5) is 17.4. The van der Waals surface area contributed by atoms with E-state index in [1.165, 1.54) is 22.6 Å². The van der Waals surface area contributed by atoms with Gasteiger partial charge in [-0.3, -0.25) is 4.79 Å². The smallest absolute Gasteiger partial charge is 0.316 e. The van der Waals surface area contributed by atoms with Gasteiger partial charge in [0, 0.05) is 0 Å². The monoisotopic (exact) mass is 361 g/mol. The maximum atomic E-state index is 12.9. The molecule has 0 N–H and O–H groups in total. The molecule has 0 unspecified atom stereocenters. The first-order valence-corrected chi connectivity index (χ1v) is 8.86. The number of amides is 1. The summed E-state index contributed by atoms with van der Waals surface area (Å²) in [5, 5.41) is 6.17. The number of carbonyl (C=O) groups is 1. The number of furan rings is 1. The lowest BCUT2D eigenvalue weighted by Crippen LogP contribution is -2.25. The average Bonchev–Trinajstić information content (AvgIpc) is 3.32. The fourth-order valence-corrected chi connectivity index (χ4v) is 3.49. The number of thiazole rings is 1. The number of benzene rings is 2. The molecule has 0 aliphatic carbocycles. The van der Waals surface area contributed by atoms with Crippen molar-refractivity contribution in [2.24, 2.45) is 5.10 Å². The molecule has 2 heterocycles. The van der Waals surface area contributed by atoms with E-state index in [-0.39, 0.29) is 11.7 Å². The minimum absolute atomic E-state index is 0.214. The summed E-state index contributed by atoms with van der Waals surface area (Å²) in [6, 6.07) is 18.9. The van der Waals surface area contributed by atoms with Crippen molar-refractivity contribution in [3.05, 3.63) is 83.8 Å². The van der Waals surface area contributed by atoms with Crippen LogP contribution in [0.15, 0.2) is 76.4 Å². The summed E-state index contributed by atoms with van der Waals surface area (Å²) < 4.78 is 6.26. The third-order valence-corrected chi connectivity index (χ3v) is 4.75. The Morgan fingerprint density at radius 1 is 1.15 bits per heavy atom. The Balaban J connectivity index is 1.76. The number of aromatic nitrogens is 1. The van der Waals surface area contributed by atoms with Crippen molar-refractivity contribution >= 4 is 38.8 Å². The van der Waals surface area contributed by atoms with Gasteiger partial charge >= 0.3 is 5.91 Å². The molecular formula is C20H15N3O2S. The molecule has 0 atom stereocenters. The minimum Gasteiger partial charge on any atom is -0.459 e. The SMILES string of the molecule is Cc1ccc2nc(N(/N=C/c3ccccc3)C(=O)c3ccco3)sc2c1. The van der Waals surface area contributed by atoms with Crippen molar-refractivity contribution in [2.75, 3.05) is 5.01 Å². The fraction of sp³-hybridized carbons (Fsp3) is 0.0500. The zero-order valence-corrected chi connectivity index (χ0v) is 14.8. The van der Waals surface area contributed by atoms with E-state index >= 15 is 0 Å². The summed E-state index contributed by atoms with van der Waals surface area (Å²) in [6.07, 6.45) is 3.10. The van der Waals surface area contributed by atoms with Gasteiger partial charge in [0.1, 0.15) is 0 Å². The molecule has 4 aromatic rings. The number of aryl methyl sites for hydroxylation is 1. The Bertz CT molecular complexity index is 1070. The molecule has 5 nitrogen and oxygen atoms in total. The van der Waals surface area contributed by atoms with Gasteiger partial charge in [0.15, 0.2) is 5.76 Å². The molecule has 0 aliphatic rings. The van der Waals surface area contributed by atoms with Crippen molar-refractivity contribution in [3.8, 4) is 0 Å². The molecule has 0 saturated heterocycles. The Kier molecular flexibility index (Phi) is 4.33. The van der Waals surface area contributed by atoms with Gasteiger partial charge in [-0.15, -0.1) is 0 Å². The molecule has 1 amide bonds. The Hall–Kier alpha value is -3.25. The zero-order valence-electron chi connectivity index (χ0n) is 14.0. The predicted octanol–water partition coefficient (Wildman–Crippen LogP) is 4.88. The highest BCUT2D eigenvalue weighted by molar-refractivity contribution is 7.22. The van der Waals surface area contributed by atoms with Crippen LogP contribution in [0.5, 0.6) is 0 Å². The van der Waals surface area contributed by atoms with Crippen molar-refractivity contribution in [1.29, 1.82) is 0 Å². The van der Waals surface area contributed by atoms with Crippen LogP contribution < -0.4 is 5.01 Å². The average molecular weight is 361 g/mol. The molecule has 0 bridgehead atoms. The van der Waals surface area contributed by atoms with Gasteiger partial charge in [0.05, 0.1) is 22.7 Å². The molecule has 4 rings (SSSR count). The van der Waals surface area contributed by atoms with Crippen LogP contribution in [-0.2, 0) is 0 Å². The van der Waals surface area contributed by atoms with E-state index in [0.29, 0.717) is 5.13 Å². The number of anilines is 1. The second-order valence-corrected chi connectivity index (χ2v) is 6.73. The van der Waals surface area contributed by atoms with Gasteiger partial charge in [-0.1, -0.05) is 47.7 Å². The van der Waals surface area contributed by atoms with E-state index in [1.807, 2.05) is 55.5 Å². The number of fused-ring (bicyclic) bond motifs is 1. The number of nitrogens with zero attached hydrogens (tertiary/aromatic N) is 3. The molecule has 0 aliphatic heterocycles. The first-order valence-electron chi connectivity index (χ1n) is 8.05. The molecule has 2 aromatic heterocycles. The Morgan fingerprint density at radius 3 is 2.77 bits per heavy atom. The van der Waals surface area contributed by atoms with Crippen LogP contribution in [0, 0.1) is 6.92 Å². The summed E-state index contributed by atoms with van der Waals surface area (Å²) in [5.41, 5.74) is 2.87. The van der Waals surface area contributed by atoms with E-state index in [1.54, 1.807) is 18.3 Å². The van der Waals surface area contributed by atoms with E-state index in [0.717, 1.165) is 21.3 Å². The lowest BCUT2D eigenvalue weighted by atomic mass is 10.2. The van der Waals surface area contributed by atoms with Gasteiger partial charge in [0.25, 0.3) is 0 Å². The predicted molar refractivity (Wildman–Crippen MR) is 104 cm³/mol. The van der Waals surface area contributed by atoms with Gasteiger partial charge < -0.3 is 4.42 Å². The van der Waals surface area contributed by atoms with Crippen LogP contribution in [0.2, 0.25) is 0 Å². The number of hydrazone groups is 1. The first-order chi connectivity index (χ1) is 12.7. The molecule has 0 spiro atoms. The molecule has 6 heteroatoms. The summed E-state index contributed by atoms with van der Waals surface area (Å²) in [5.74, 6) is -0.149. The maximum Gasteiger partial charge on any atom is 0.316 e. The maximum absolute atomic E-state index is 12.9. The number of hydrogen-bond donors (Lipinski definition) is 0. The largest absolute Gasteiger partial charge is 0.459 e. The molecule has 26 heavy (non-hydrogen) atoms. The van der Waals surface area contributed by atoms with Gasteiger partial charge in [0.2, 0.25) is 5.13 Å². The van der Waals surface area contributed by atoms with Crippen molar-refractivity contribution in [2.45, 2.75) is 6.92 Å². The molecule has 0 radical (unpaired) electrons. The standard InChI is InChI=1S/C20H15N3O2S/c1-14-9-10-16-18(12-14)26-20(22-16)23(19(24)17-8-5-11-25-17)21-13-15-6-3-2-4-7-15/h2-13H,1H3/b21-13+. The summed E-state index contributed by atoms with van der Waals surface area (Å²) in [6.45, 7) is 2.03. The zero-order chi connectivity index (χ0) is 17.9. The number of hydrogen-bond acceptors (Lipinski definition) is 5. The normalized spacial score (nSPS) is 11.3. The van der Waals surface area contributed by atoms with Crippen LogP contribution in [0.4, 0.5) is 5.13 Å². The van der Waals surface area contributed by atoms with Crippen molar-refractivity contribution < 1.29 is 9.21 Å². The van der Waals surface area contributed by atoms with Crippen LogP contribution in [0.1, 0.15) is 21.7 Å². The van der Waals surface area contributed by atoms with E-state index < -0.39 is 0 Å². The Morgan fingerprint density at radius 2 is 2.00 bits per heavy atom. The minimum atomic E-state index is -0.363. The molecule has 128 valence electrons. The fourth-order valence-electron chi connectivity index (χ4n) is 2.47. The van der Waals surface area contributed by atoms with E-state index in [4.69, 9.17) is 4.42 Å². The molecule has 0 saturated carbocycles. The van der Waals surface area contributed by atoms with Crippen LogP contribution in [0.25, 0.3) is 10.2 Å². The van der Waals surface area contributed by atoms with Crippen LogP contribution >= 0.6 is 11.3 Å². The highest BCUT2D eigenvalue weighted by Gasteiger charge is 2.23. The topological polar surface area (TPSA) is 58.7 Å². The van der Waals surface area contributed by atoms with Crippen LogP contribution in [0.3, 0.4) is 0 Å². The molecular weight excluding hydrogens is 346 g/mol.